The minimum atomic E-state index is -5.80. The highest BCUT2D eigenvalue weighted by Crippen LogP contribution is 2.67. The molecule has 222 valence electrons. The van der Waals surface area contributed by atoms with Gasteiger partial charge in [0.25, 0.3) is 0 Å². The number of rotatable bonds is 16. The molecule has 20 nitrogen and oxygen atoms in total. The van der Waals surface area contributed by atoms with Crippen molar-refractivity contribution >= 4 is 40.4 Å². The second-order valence-corrected chi connectivity index (χ2v) is 12.6. The van der Waals surface area contributed by atoms with Crippen molar-refractivity contribution in [3.8, 4) is 0 Å². The van der Waals surface area contributed by atoms with Crippen LogP contribution in [-0.4, -0.2) is 82.2 Å². The molecule has 1 aliphatic heterocycles. The van der Waals surface area contributed by atoms with E-state index in [1.807, 2.05) is 0 Å². The van der Waals surface area contributed by atoms with E-state index in [9.17, 15) is 28.6 Å². The molecule has 0 radical (unpaired) electrons. The first-order valence-electron chi connectivity index (χ1n) is 11.4. The number of unbranched alkanes of at least 4 members (excludes halogenated alkanes) is 3. The molecule has 1 saturated heterocycles. The van der Waals surface area contributed by atoms with Crippen LogP contribution in [-0.2, 0) is 36.4 Å². The lowest BCUT2D eigenvalue weighted by Gasteiger charge is -2.23. The number of hydrogen-bond acceptors (Lipinski definition) is 15. The molecule has 10 N–H and O–H groups in total. The van der Waals surface area contributed by atoms with E-state index in [2.05, 4.69) is 29.1 Å². The number of ether oxygens (including phenoxy) is 1. The molecule has 0 amide bonds. The van der Waals surface area contributed by atoms with E-state index in [0.29, 0.717) is 13.1 Å². The Bertz CT molecular complexity index is 1250. The van der Waals surface area contributed by atoms with Gasteiger partial charge < -0.3 is 40.9 Å². The number of hydrogen-bond donors (Lipinski definition) is 8. The number of imidazole rings is 1. The molecule has 6 atom stereocenters. The monoisotopic (exact) mass is 621 g/mol. The SMILES string of the molecule is NCCCCCCNOC[C@H]1O[C@@H](n2cnc3c(N)ncnc32)[C@H](O)[C@@H]1OP(=O)(O)OP(=O)(O)OP(=O)(O)O. The van der Waals surface area contributed by atoms with Crippen LogP contribution in [0.5, 0.6) is 0 Å². The molecule has 0 bridgehead atoms. The van der Waals surface area contributed by atoms with Gasteiger partial charge in [0.2, 0.25) is 0 Å². The predicted octanol–water partition coefficient (Wildman–Crippen LogP) is -0.581. The van der Waals surface area contributed by atoms with Crippen LogP contribution in [0, 0.1) is 0 Å². The quantitative estimate of drug-likeness (QED) is 0.0660. The molecule has 1 fully saturated rings. The second kappa shape index (κ2) is 13.5. The van der Waals surface area contributed by atoms with Crippen LogP contribution in [0.15, 0.2) is 12.7 Å². The lowest BCUT2D eigenvalue weighted by molar-refractivity contribution is -0.0853. The molecule has 0 spiro atoms. The summed E-state index contributed by atoms with van der Waals surface area (Å²) in [6.07, 6.45) is -0.316. The van der Waals surface area contributed by atoms with Gasteiger partial charge in [-0.2, -0.15) is 8.62 Å². The van der Waals surface area contributed by atoms with Crippen LogP contribution in [0.4, 0.5) is 5.82 Å². The van der Waals surface area contributed by atoms with Crippen LogP contribution in [0.25, 0.3) is 11.2 Å². The average Bonchev–Trinajstić information content (AvgIpc) is 3.35. The number of nitrogens with one attached hydrogen (secondary N) is 1. The van der Waals surface area contributed by atoms with Gasteiger partial charge in [0, 0.05) is 6.54 Å². The molecular formula is C16H30N7O13P3. The predicted molar refractivity (Wildman–Crippen MR) is 130 cm³/mol. The Labute approximate surface area is 221 Å². The number of aliphatic hydroxyl groups is 1. The van der Waals surface area contributed by atoms with E-state index < -0.39 is 48.0 Å². The van der Waals surface area contributed by atoms with E-state index in [0.717, 1.165) is 32.0 Å². The van der Waals surface area contributed by atoms with E-state index in [1.165, 1.54) is 10.9 Å². The number of phosphoric acid groups is 3. The van der Waals surface area contributed by atoms with Crippen LogP contribution < -0.4 is 16.9 Å². The van der Waals surface area contributed by atoms with Gasteiger partial charge in [0.15, 0.2) is 17.7 Å². The number of nitrogens with two attached hydrogens (primary N) is 2. The number of nitrogen functional groups attached to an aromatic ring is 1. The first-order valence-corrected chi connectivity index (χ1v) is 15.9. The Morgan fingerprint density at radius 1 is 1.03 bits per heavy atom. The molecule has 2 aromatic rings. The highest BCUT2D eigenvalue weighted by atomic mass is 31.3. The molecule has 0 aliphatic carbocycles. The van der Waals surface area contributed by atoms with Crippen molar-refractivity contribution in [2.75, 3.05) is 25.4 Å². The zero-order valence-corrected chi connectivity index (χ0v) is 22.9. The summed E-state index contributed by atoms with van der Waals surface area (Å²) in [4.78, 5) is 54.2. The van der Waals surface area contributed by atoms with Crippen LogP contribution in [0.2, 0.25) is 0 Å². The van der Waals surface area contributed by atoms with Crippen molar-refractivity contribution in [3.63, 3.8) is 0 Å². The van der Waals surface area contributed by atoms with Crippen molar-refractivity contribution in [2.45, 2.75) is 50.2 Å². The summed E-state index contributed by atoms with van der Waals surface area (Å²) in [5.74, 6) is 0.0339. The highest BCUT2D eigenvalue weighted by Gasteiger charge is 2.51. The Hall–Kier alpha value is -1.44. The number of fused-ring (bicyclic) bond motifs is 1. The molecule has 2 unspecified atom stereocenters. The summed E-state index contributed by atoms with van der Waals surface area (Å²) in [6, 6.07) is 0. The molecular weight excluding hydrogens is 591 g/mol. The Morgan fingerprint density at radius 3 is 2.44 bits per heavy atom. The summed E-state index contributed by atoms with van der Waals surface area (Å²) in [6.45, 7) is 0.668. The summed E-state index contributed by atoms with van der Waals surface area (Å²) in [7, 11) is -17.0. The molecule has 2 aromatic heterocycles. The van der Waals surface area contributed by atoms with Crippen molar-refractivity contribution in [2.24, 2.45) is 5.73 Å². The summed E-state index contributed by atoms with van der Waals surface area (Å²) in [5, 5.41) is 11.0. The van der Waals surface area contributed by atoms with E-state index >= 15 is 0 Å². The molecule has 3 rings (SSSR count). The molecule has 39 heavy (non-hydrogen) atoms. The third-order valence-electron chi connectivity index (χ3n) is 5.22. The minimum absolute atomic E-state index is 0.0339. The lowest BCUT2D eigenvalue weighted by atomic mass is 10.1. The molecule has 0 aromatic carbocycles. The fourth-order valence-electron chi connectivity index (χ4n) is 3.63. The fourth-order valence-corrected chi connectivity index (χ4v) is 6.86. The first kappa shape index (κ1) is 32.1. The number of phosphoric ester groups is 1. The van der Waals surface area contributed by atoms with Gasteiger partial charge in [0.1, 0.15) is 30.2 Å². The highest BCUT2D eigenvalue weighted by molar-refractivity contribution is 7.66. The number of anilines is 1. The molecule has 3 heterocycles. The van der Waals surface area contributed by atoms with E-state index in [-0.39, 0.29) is 23.6 Å². The van der Waals surface area contributed by atoms with Gasteiger partial charge in [-0.3, -0.25) is 13.9 Å². The maximum Gasteiger partial charge on any atom is 0.490 e. The van der Waals surface area contributed by atoms with Gasteiger partial charge in [-0.25, -0.2) is 34.1 Å². The van der Waals surface area contributed by atoms with Gasteiger partial charge in [-0.1, -0.05) is 12.8 Å². The summed E-state index contributed by atoms with van der Waals surface area (Å²) in [5.41, 5.74) is 14.2. The van der Waals surface area contributed by atoms with E-state index in [1.54, 1.807) is 0 Å². The second-order valence-electron chi connectivity index (χ2n) is 8.21. The van der Waals surface area contributed by atoms with Gasteiger partial charge in [-0.15, -0.1) is 0 Å². The van der Waals surface area contributed by atoms with Crippen molar-refractivity contribution < 1.29 is 61.1 Å². The maximum absolute atomic E-state index is 12.5. The number of aromatic nitrogens is 4. The van der Waals surface area contributed by atoms with Gasteiger partial charge >= 0.3 is 23.5 Å². The van der Waals surface area contributed by atoms with E-state index in [4.69, 9.17) is 35.4 Å². The minimum Gasteiger partial charge on any atom is -0.386 e. The van der Waals surface area contributed by atoms with Crippen LogP contribution in [0.3, 0.4) is 0 Å². The Kier molecular flexibility index (Phi) is 11.1. The standard InChI is InChI=1S/C16H30N7O13P3/c17-5-3-1-2-4-6-22-32-7-10-13(34-38(28,29)36-39(30,31)35-37(25,26)27)12(24)16(33-10)23-9-21-11-14(18)19-8-20-15(11)23/h8-10,12-13,16,22,24H,1-7,17H2,(H,28,29)(H,30,31)(H2,18,19,20)(H2,25,26,27)/t10-,12-,13-,16-/m1/s1. The third kappa shape index (κ3) is 9.29. The lowest BCUT2D eigenvalue weighted by Crippen LogP contribution is -2.37. The number of aliphatic hydroxyl groups excluding tert-OH is 1. The first-order chi connectivity index (χ1) is 18.2. The van der Waals surface area contributed by atoms with Crippen LogP contribution in [0.1, 0.15) is 31.9 Å². The number of hydroxylamine groups is 1. The van der Waals surface area contributed by atoms with Crippen molar-refractivity contribution in [3.05, 3.63) is 12.7 Å². The molecule has 23 heteroatoms. The Morgan fingerprint density at radius 2 is 1.74 bits per heavy atom. The molecule has 0 saturated carbocycles. The topological polar surface area (TPSA) is 306 Å². The maximum atomic E-state index is 12.5. The molecule has 1 aliphatic rings. The van der Waals surface area contributed by atoms with Gasteiger partial charge in [0.05, 0.1) is 12.9 Å². The normalized spacial score (nSPS) is 25.1. The Balaban J connectivity index is 1.75. The largest absolute Gasteiger partial charge is 0.490 e. The summed E-state index contributed by atoms with van der Waals surface area (Å²) >= 11 is 0. The zero-order chi connectivity index (χ0) is 28.8. The average molecular weight is 621 g/mol. The zero-order valence-electron chi connectivity index (χ0n) is 20.2. The van der Waals surface area contributed by atoms with Crippen molar-refractivity contribution in [1.29, 1.82) is 0 Å². The van der Waals surface area contributed by atoms with Gasteiger partial charge in [-0.05, 0) is 19.4 Å². The smallest absolute Gasteiger partial charge is 0.386 e. The third-order valence-corrected chi connectivity index (χ3v) is 9.06. The fraction of sp³-hybridized carbons (Fsp3) is 0.688. The number of nitrogens with zero attached hydrogens (tertiary/aromatic N) is 4. The van der Waals surface area contributed by atoms with Crippen LogP contribution >= 0.6 is 23.5 Å². The van der Waals surface area contributed by atoms with Crippen molar-refractivity contribution in [1.82, 2.24) is 25.0 Å². The summed E-state index contributed by atoms with van der Waals surface area (Å²) < 4.78 is 54.5.